The van der Waals surface area contributed by atoms with Crippen LogP contribution in [-0.4, -0.2) is 32.3 Å². The Morgan fingerprint density at radius 1 is 1.11 bits per heavy atom. The highest BCUT2D eigenvalue weighted by atomic mass is 32.2. The summed E-state index contributed by atoms with van der Waals surface area (Å²) in [5.41, 5.74) is 6.05. The van der Waals surface area contributed by atoms with Crippen LogP contribution in [-0.2, 0) is 32.5 Å². The number of ether oxygens (including phenoxy) is 1. The molecule has 0 spiro atoms. The lowest BCUT2D eigenvalue weighted by molar-refractivity contribution is -0.140. The van der Waals surface area contributed by atoms with E-state index in [1.165, 1.54) is 7.11 Å². The molecular weight excluding hydrogens is 484 g/mol. The highest BCUT2D eigenvalue weighted by molar-refractivity contribution is 7.89. The molecule has 0 fully saturated rings. The molecule has 0 saturated heterocycles. The number of hydrogen-bond acceptors (Lipinski definition) is 5. The van der Waals surface area contributed by atoms with Crippen LogP contribution in [0.15, 0.2) is 65.6 Å². The maximum atomic E-state index is 13.7. The molecule has 0 aliphatic carbocycles. The van der Waals surface area contributed by atoms with Gasteiger partial charge in [0.05, 0.1) is 30.1 Å². The van der Waals surface area contributed by atoms with Crippen molar-refractivity contribution in [2.45, 2.75) is 51.0 Å². The summed E-state index contributed by atoms with van der Waals surface area (Å²) in [4.78, 5) is 12.8. The molecule has 0 radical (unpaired) electrons. The van der Waals surface area contributed by atoms with Gasteiger partial charge >= 0.3 is 5.97 Å². The van der Waals surface area contributed by atoms with Crippen LogP contribution in [0.3, 0.4) is 0 Å². The van der Waals surface area contributed by atoms with E-state index in [0.29, 0.717) is 23.4 Å². The average molecular weight is 517 g/mol. The topological polar surface area (TPSA) is 87.5 Å². The lowest BCUT2D eigenvalue weighted by Gasteiger charge is -2.25. The van der Waals surface area contributed by atoms with Crippen LogP contribution in [0.25, 0.3) is 0 Å². The van der Waals surface area contributed by atoms with Gasteiger partial charge in [0.2, 0.25) is 10.0 Å². The molecule has 1 aliphatic rings. The number of nitriles is 1. The standard InChI is InChI=1S/C30H32N2O4S/c1-20-13-25-7-5-6-8-29(25)37(34,35)32(18-20)19-26-15-24(11-9-21(26)2)28(16-30(33)36-4)27-12-10-23(17-31)14-22(27)3/h5-12,14-15,20,28H,13,16,18-19H2,1-4H3. The Hall–Kier alpha value is -3.47. The molecule has 2 unspecified atom stereocenters. The van der Waals surface area contributed by atoms with Crippen LogP contribution in [0.2, 0.25) is 0 Å². The molecule has 192 valence electrons. The van der Waals surface area contributed by atoms with Gasteiger partial charge in [-0.2, -0.15) is 9.57 Å². The Morgan fingerprint density at radius 2 is 1.86 bits per heavy atom. The second-order valence-electron chi connectivity index (χ2n) is 9.92. The first-order valence-corrected chi connectivity index (χ1v) is 13.8. The van der Waals surface area contributed by atoms with Gasteiger partial charge in [0.1, 0.15) is 0 Å². The zero-order valence-electron chi connectivity index (χ0n) is 21.7. The van der Waals surface area contributed by atoms with Crippen molar-refractivity contribution in [3.8, 4) is 6.07 Å². The van der Waals surface area contributed by atoms with E-state index in [1.54, 1.807) is 22.5 Å². The molecule has 6 nitrogen and oxygen atoms in total. The minimum atomic E-state index is -3.66. The Balaban J connectivity index is 1.75. The molecule has 3 aromatic carbocycles. The predicted molar refractivity (Wildman–Crippen MR) is 142 cm³/mol. The second-order valence-corrected chi connectivity index (χ2v) is 11.8. The molecule has 4 rings (SSSR count). The molecule has 1 heterocycles. The quantitative estimate of drug-likeness (QED) is 0.418. The molecule has 0 N–H and O–H groups in total. The number of carbonyl (C=O) groups is 1. The number of rotatable bonds is 6. The van der Waals surface area contributed by atoms with Gasteiger partial charge in [-0.1, -0.05) is 49.4 Å². The number of methoxy groups -OCH3 is 1. The van der Waals surface area contributed by atoms with Crippen LogP contribution in [0, 0.1) is 31.1 Å². The van der Waals surface area contributed by atoms with Crippen LogP contribution >= 0.6 is 0 Å². The summed E-state index contributed by atoms with van der Waals surface area (Å²) in [5.74, 6) is -0.452. The predicted octanol–water partition coefficient (Wildman–Crippen LogP) is 5.25. The maximum Gasteiger partial charge on any atom is 0.306 e. The van der Waals surface area contributed by atoms with E-state index in [2.05, 4.69) is 13.0 Å². The minimum Gasteiger partial charge on any atom is -0.469 e. The molecule has 1 aliphatic heterocycles. The fraction of sp³-hybridized carbons (Fsp3) is 0.333. The Labute approximate surface area is 219 Å². The minimum absolute atomic E-state index is 0.137. The number of carbonyl (C=O) groups excluding carboxylic acids is 1. The van der Waals surface area contributed by atoms with E-state index in [9.17, 15) is 18.5 Å². The summed E-state index contributed by atoms with van der Waals surface area (Å²) in [7, 11) is -2.29. The SMILES string of the molecule is COC(=O)CC(c1ccc(C)c(CN2CC(C)Cc3ccccc3S2(=O)=O)c1)c1ccc(C#N)cc1C. The molecule has 0 bridgehead atoms. The molecule has 7 heteroatoms. The summed E-state index contributed by atoms with van der Waals surface area (Å²) in [6.45, 7) is 6.66. The van der Waals surface area contributed by atoms with Crippen molar-refractivity contribution >= 4 is 16.0 Å². The highest BCUT2D eigenvalue weighted by Crippen LogP contribution is 2.34. The van der Waals surface area contributed by atoms with Gasteiger partial charge in [0.15, 0.2) is 0 Å². The van der Waals surface area contributed by atoms with Gasteiger partial charge in [0.25, 0.3) is 0 Å². The smallest absolute Gasteiger partial charge is 0.306 e. The molecule has 0 aromatic heterocycles. The molecule has 37 heavy (non-hydrogen) atoms. The number of esters is 1. The number of benzene rings is 3. The first-order valence-electron chi connectivity index (χ1n) is 12.4. The lowest BCUT2D eigenvalue weighted by atomic mass is 9.84. The van der Waals surface area contributed by atoms with Crippen molar-refractivity contribution in [2.24, 2.45) is 5.92 Å². The zero-order chi connectivity index (χ0) is 26.7. The van der Waals surface area contributed by atoms with Crippen LogP contribution in [0.5, 0.6) is 0 Å². The molecule has 3 aromatic rings. The first-order chi connectivity index (χ1) is 17.6. The first kappa shape index (κ1) is 26.6. The molecular formula is C30H32N2O4S. The summed E-state index contributed by atoms with van der Waals surface area (Å²) in [5, 5.41) is 9.28. The number of nitrogens with zero attached hydrogens (tertiary/aromatic N) is 2. The van der Waals surface area contributed by atoms with Gasteiger partial charge in [-0.05, 0) is 77.8 Å². The molecule has 0 saturated carbocycles. The number of sulfonamides is 1. The van der Waals surface area contributed by atoms with Crippen molar-refractivity contribution in [2.75, 3.05) is 13.7 Å². The highest BCUT2D eigenvalue weighted by Gasteiger charge is 2.32. The zero-order valence-corrected chi connectivity index (χ0v) is 22.5. The van der Waals surface area contributed by atoms with Crippen molar-refractivity contribution in [3.63, 3.8) is 0 Å². The number of fused-ring (bicyclic) bond motifs is 1. The Bertz CT molecular complexity index is 1470. The maximum absolute atomic E-state index is 13.7. The van der Waals surface area contributed by atoms with Gasteiger partial charge in [-0.15, -0.1) is 0 Å². The molecule has 2 atom stereocenters. The third kappa shape index (κ3) is 5.61. The van der Waals surface area contributed by atoms with E-state index in [4.69, 9.17) is 4.74 Å². The fourth-order valence-electron chi connectivity index (χ4n) is 5.16. The third-order valence-electron chi connectivity index (χ3n) is 7.17. The summed E-state index contributed by atoms with van der Waals surface area (Å²) in [6.07, 6.45) is 0.849. The monoisotopic (exact) mass is 516 g/mol. The van der Waals surface area contributed by atoms with Crippen LogP contribution < -0.4 is 0 Å². The average Bonchev–Trinajstić information content (AvgIpc) is 2.97. The Morgan fingerprint density at radius 3 is 2.57 bits per heavy atom. The second kappa shape index (κ2) is 10.9. The van der Waals surface area contributed by atoms with Crippen LogP contribution in [0.1, 0.15) is 58.2 Å². The van der Waals surface area contributed by atoms with E-state index in [0.717, 1.165) is 33.4 Å². The molecule has 0 amide bonds. The van der Waals surface area contributed by atoms with E-state index in [-0.39, 0.29) is 30.8 Å². The van der Waals surface area contributed by atoms with Gasteiger partial charge in [-0.25, -0.2) is 8.42 Å². The summed E-state index contributed by atoms with van der Waals surface area (Å²) >= 11 is 0. The normalized spacial score (nSPS) is 17.8. The van der Waals surface area contributed by atoms with Crippen molar-refractivity contribution < 1.29 is 17.9 Å². The largest absolute Gasteiger partial charge is 0.469 e. The third-order valence-corrected chi connectivity index (χ3v) is 9.08. The van der Waals surface area contributed by atoms with Crippen molar-refractivity contribution in [1.29, 1.82) is 5.26 Å². The van der Waals surface area contributed by atoms with E-state index >= 15 is 0 Å². The summed E-state index contributed by atoms with van der Waals surface area (Å²) < 4.78 is 33.9. The van der Waals surface area contributed by atoms with Crippen molar-refractivity contribution in [3.05, 3.63) is 99.6 Å². The summed E-state index contributed by atoms with van der Waals surface area (Å²) in [6, 6.07) is 20.8. The van der Waals surface area contributed by atoms with Crippen molar-refractivity contribution in [1.82, 2.24) is 4.31 Å². The fourth-order valence-corrected chi connectivity index (χ4v) is 6.93. The van der Waals surface area contributed by atoms with Gasteiger partial charge in [-0.3, -0.25) is 4.79 Å². The van der Waals surface area contributed by atoms with Gasteiger partial charge < -0.3 is 4.74 Å². The van der Waals surface area contributed by atoms with Gasteiger partial charge in [0, 0.05) is 19.0 Å². The number of hydrogen-bond donors (Lipinski definition) is 0. The Kier molecular flexibility index (Phi) is 7.82. The van der Waals surface area contributed by atoms with Crippen LogP contribution in [0.4, 0.5) is 0 Å². The number of aryl methyl sites for hydroxylation is 2. The van der Waals surface area contributed by atoms with E-state index < -0.39 is 10.0 Å². The lowest BCUT2D eigenvalue weighted by Crippen LogP contribution is -2.33. The van der Waals surface area contributed by atoms with E-state index in [1.807, 2.05) is 56.3 Å².